The molecule has 0 aromatic heterocycles. The first kappa shape index (κ1) is 22.4. The third-order valence-corrected chi connectivity index (χ3v) is 9.24. The van der Waals surface area contributed by atoms with Crippen LogP contribution in [-0.4, -0.2) is 30.0 Å². The van der Waals surface area contributed by atoms with E-state index >= 15 is 0 Å². The Kier molecular flexibility index (Phi) is 5.97. The molecule has 2 aromatic carbocycles. The summed E-state index contributed by atoms with van der Waals surface area (Å²) in [4.78, 5) is 11.7. The van der Waals surface area contributed by atoms with Gasteiger partial charge in [0.2, 0.25) is 10.0 Å². The van der Waals surface area contributed by atoms with E-state index in [9.17, 15) is 18.5 Å². The Morgan fingerprint density at radius 2 is 1.97 bits per heavy atom. The highest BCUT2D eigenvalue weighted by Crippen LogP contribution is 2.56. The van der Waals surface area contributed by atoms with E-state index in [1.165, 1.54) is 23.9 Å². The van der Waals surface area contributed by atoms with Gasteiger partial charge in [-0.3, -0.25) is 10.1 Å². The number of sulfonamides is 1. The van der Waals surface area contributed by atoms with Crippen molar-refractivity contribution in [2.45, 2.75) is 52.6 Å². The maximum Gasteiger partial charge on any atom is 0.282 e. The molecule has 7 nitrogen and oxygen atoms in total. The molecule has 3 N–H and O–H groups in total. The first-order valence-electron chi connectivity index (χ1n) is 10.1. The standard InChI is InChI=1S/C21H24ClN3O4S2/c1-11(2)21-14-10-18(30-17-6-4-3-5-16(17)25(26)27)20(22)19(14)13-9-12(31(23,28)29)7-8-15(13)24-21/h3-9,11,14,18-21,24H,10H2,1-2H3,(H2,23,28,29). The van der Waals surface area contributed by atoms with E-state index in [-0.39, 0.29) is 44.0 Å². The number of alkyl halides is 1. The summed E-state index contributed by atoms with van der Waals surface area (Å²) in [5.41, 5.74) is 1.79. The van der Waals surface area contributed by atoms with Crippen LogP contribution < -0.4 is 10.5 Å². The van der Waals surface area contributed by atoms with Crippen LogP contribution in [0.2, 0.25) is 0 Å². The number of nitro groups is 1. The molecule has 2 aromatic rings. The second kappa shape index (κ2) is 8.27. The molecule has 0 amide bonds. The molecule has 5 unspecified atom stereocenters. The largest absolute Gasteiger partial charge is 0.382 e. The summed E-state index contributed by atoms with van der Waals surface area (Å²) < 4.78 is 23.9. The van der Waals surface area contributed by atoms with Crippen molar-refractivity contribution in [1.82, 2.24) is 0 Å². The van der Waals surface area contributed by atoms with Gasteiger partial charge in [-0.25, -0.2) is 13.6 Å². The summed E-state index contributed by atoms with van der Waals surface area (Å²) >= 11 is 8.43. The number of anilines is 1. The Balaban J connectivity index is 1.73. The lowest BCUT2D eigenvalue weighted by atomic mass is 9.76. The van der Waals surface area contributed by atoms with E-state index < -0.39 is 10.0 Å². The van der Waals surface area contributed by atoms with Gasteiger partial charge in [0.15, 0.2) is 0 Å². The monoisotopic (exact) mass is 481 g/mol. The summed E-state index contributed by atoms with van der Waals surface area (Å²) in [5, 5.41) is 20.0. The van der Waals surface area contributed by atoms with Crippen molar-refractivity contribution >= 4 is 44.8 Å². The van der Waals surface area contributed by atoms with Crippen LogP contribution in [0.3, 0.4) is 0 Å². The van der Waals surface area contributed by atoms with Gasteiger partial charge >= 0.3 is 0 Å². The molecule has 166 valence electrons. The average Bonchev–Trinajstić information content (AvgIpc) is 3.02. The van der Waals surface area contributed by atoms with Crippen molar-refractivity contribution < 1.29 is 13.3 Å². The average molecular weight is 482 g/mol. The number of thioether (sulfide) groups is 1. The number of nitrogens with zero attached hydrogens (tertiary/aromatic N) is 1. The predicted octanol–water partition coefficient (Wildman–Crippen LogP) is 4.56. The Bertz CT molecular complexity index is 1130. The zero-order valence-corrected chi connectivity index (χ0v) is 19.5. The third-order valence-electron chi connectivity index (χ3n) is 6.22. The number of benzene rings is 2. The second-order valence-corrected chi connectivity index (χ2v) is 11.8. The van der Waals surface area contributed by atoms with Crippen LogP contribution in [0.1, 0.15) is 31.7 Å². The van der Waals surface area contributed by atoms with E-state index in [4.69, 9.17) is 16.7 Å². The lowest BCUT2D eigenvalue weighted by Crippen LogP contribution is -2.40. The number of para-hydroxylation sites is 1. The predicted molar refractivity (Wildman–Crippen MR) is 123 cm³/mol. The van der Waals surface area contributed by atoms with Gasteiger partial charge in [-0.1, -0.05) is 26.0 Å². The minimum absolute atomic E-state index is 0.0510. The number of hydrogen-bond acceptors (Lipinski definition) is 6. The summed E-state index contributed by atoms with van der Waals surface area (Å²) in [7, 11) is -3.84. The number of hydrogen-bond donors (Lipinski definition) is 2. The molecule has 1 saturated carbocycles. The quantitative estimate of drug-likeness (QED) is 0.367. The van der Waals surface area contributed by atoms with Gasteiger partial charge in [-0.2, -0.15) is 0 Å². The summed E-state index contributed by atoms with van der Waals surface area (Å²) in [6, 6.07) is 11.7. The lowest BCUT2D eigenvalue weighted by Gasteiger charge is -2.40. The van der Waals surface area contributed by atoms with Crippen molar-refractivity contribution in [3.8, 4) is 0 Å². The maximum atomic E-state index is 11.9. The molecule has 5 atom stereocenters. The highest BCUT2D eigenvalue weighted by molar-refractivity contribution is 8.00. The highest BCUT2D eigenvalue weighted by atomic mass is 35.5. The molecule has 0 radical (unpaired) electrons. The van der Waals surface area contributed by atoms with Gasteiger partial charge in [0.1, 0.15) is 0 Å². The molecule has 10 heteroatoms. The molecule has 1 heterocycles. The Hall–Kier alpha value is -1.81. The Morgan fingerprint density at radius 3 is 2.61 bits per heavy atom. The van der Waals surface area contributed by atoms with Gasteiger partial charge in [-0.05, 0) is 48.1 Å². The Morgan fingerprint density at radius 1 is 1.26 bits per heavy atom. The van der Waals surface area contributed by atoms with Crippen molar-refractivity contribution in [3.63, 3.8) is 0 Å². The fraction of sp³-hybridized carbons (Fsp3) is 0.429. The minimum atomic E-state index is -3.84. The van der Waals surface area contributed by atoms with Crippen molar-refractivity contribution in [1.29, 1.82) is 0 Å². The number of nitro benzene ring substituents is 1. The number of rotatable bonds is 5. The molecule has 1 aliphatic heterocycles. The molecular weight excluding hydrogens is 458 g/mol. The van der Waals surface area contributed by atoms with Gasteiger partial charge in [-0.15, -0.1) is 23.4 Å². The van der Waals surface area contributed by atoms with Gasteiger partial charge in [0, 0.05) is 29.0 Å². The van der Waals surface area contributed by atoms with E-state index in [0.717, 1.165) is 17.7 Å². The minimum Gasteiger partial charge on any atom is -0.382 e. The van der Waals surface area contributed by atoms with E-state index in [1.54, 1.807) is 30.3 Å². The molecule has 31 heavy (non-hydrogen) atoms. The number of nitrogens with one attached hydrogen (secondary N) is 1. The van der Waals surface area contributed by atoms with Crippen LogP contribution in [0, 0.1) is 22.0 Å². The molecule has 0 bridgehead atoms. The summed E-state index contributed by atoms with van der Waals surface area (Å²) in [6.07, 6.45) is 0.768. The highest BCUT2D eigenvalue weighted by Gasteiger charge is 2.50. The smallest absolute Gasteiger partial charge is 0.282 e. The van der Waals surface area contributed by atoms with Gasteiger partial charge in [0.05, 0.1) is 20.1 Å². The van der Waals surface area contributed by atoms with Crippen LogP contribution in [0.4, 0.5) is 11.4 Å². The lowest BCUT2D eigenvalue weighted by molar-refractivity contribution is -0.387. The first-order chi connectivity index (χ1) is 14.6. The normalized spacial score (nSPS) is 27.5. The molecule has 2 aliphatic rings. The van der Waals surface area contributed by atoms with Gasteiger partial charge in [0.25, 0.3) is 5.69 Å². The van der Waals surface area contributed by atoms with Crippen LogP contribution >= 0.6 is 23.4 Å². The van der Waals surface area contributed by atoms with Crippen molar-refractivity contribution in [2.75, 3.05) is 5.32 Å². The maximum absolute atomic E-state index is 11.9. The number of halogens is 1. The molecule has 1 fully saturated rings. The fourth-order valence-electron chi connectivity index (χ4n) is 4.84. The Labute approximate surface area is 190 Å². The van der Waals surface area contributed by atoms with Crippen LogP contribution in [0.15, 0.2) is 52.3 Å². The molecule has 0 saturated heterocycles. The van der Waals surface area contributed by atoms with E-state index in [0.29, 0.717) is 10.8 Å². The summed E-state index contributed by atoms with van der Waals surface area (Å²) in [5.74, 6) is 0.426. The number of nitrogens with two attached hydrogens (primary N) is 1. The van der Waals surface area contributed by atoms with Crippen LogP contribution in [0.25, 0.3) is 0 Å². The molecule has 4 rings (SSSR count). The fourth-order valence-corrected chi connectivity index (χ4v) is 7.33. The zero-order chi connectivity index (χ0) is 22.5. The number of fused-ring (bicyclic) bond motifs is 3. The van der Waals surface area contributed by atoms with E-state index in [1.807, 2.05) is 0 Å². The topological polar surface area (TPSA) is 115 Å². The van der Waals surface area contributed by atoms with Crippen LogP contribution in [-0.2, 0) is 10.0 Å². The number of primary sulfonamides is 1. The first-order valence-corrected chi connectivity index (χ1v) is 12.9. The zero-order valence-electron chi connectivity index (χ0n) is 17.1. The third kappa shape index (κ3) is 4.16. The molecular formula is C21H24ClN3O4S2. The van der Waals surface area contributed by atoms with Crippen molar-refractivity contribution in [2.24, 2.45) is 17.0 Å². The molecule has 0 spiro atoms. The van der Waals surface area contributed by atoms with Gasteiger partial charge < -0.3 is 5.32 Å². The van der Waals surface area contributed by atoms with E-state index in [2.05, 4.69) is 19.2 Å². The second-order valence-electron chi connectivity index (χ2n) is 8.46. The SMILES string of the molecule is CC(C)C1Nc2ccc(S(N)(=O)=O)cc2C2C(Cl)C(Sc3ccccc3[N+](=O)[O-])CC12. The van der Waals surface area contributed by atoms with Crippen LogP contribution in [0.5, 0.6) is 0 Å². The molecule has 1 aliphatic carbocycles. The summed E-state index contributed by atoms with van der Waals surface area (Å²) in [6.45, 7) is 4.29. The van der Waals surface area contributed by atoms with Crippen molar-refractivity contribution in [3.05, 3.63) is 58.1 Å².